The van der Waals surface area contributed by atoms with Gasteiger partial charge in [0.05, 0.1) is 26.3 Å². The van der Waals surface area contributed by atoms with Crippen molar-refractivity contribution in [3.63, 3.8) is 0 Å². The summed E-state index contributed by atoms with van der Waals surface area (Å²) in [6.45, 7) is 1.65. The molecule has 0 radical (unpaired) electrons. The monoisotopic (exact) mass is 447 g/mol. The molecule has 0 bridgehead atoms. The van der Waals surface area contributed by atoms with E-state index in [2.05, 4.69) is 25.3 Å². The van der Waals surface area contributed by atoms with Gasteiger partial charge in [-0.15, -0.1) is 0 Å². The Bertz CT molecular complexity index is 715. The lowest BCUT2D eigenvalue weighted by Crippen LogP contribution is -2.46. The maximum absolute atomic E-state index is 12.7. The van der Waals surface area contributed by atoms with E-state index in [1.54, 1.807) is 14.1 Å². The van der Waals surface area contributed by atoms with Gasteiger partial charge in [-0.3, -0.25) is 9.69 Å². The van der Waals surface area contributed by atoms with Gasteiger partial charge < -0.3 is 25.0 Å². The Morgan fingerprint density at radius 3 is 2.73 bits per heavy atom. The minimum Gasteiger partial charge on any atom is -0.434 e. The standard InChI is InChI=1S/C19H28ClF2N5O3/c1-26(2)17(28)13-25-19(23-5-6-27-7-9-29-10-8-27)24-12-14-11-15(20)3-4-16(14)30-18(21)22/h3-4,11,18H,5-10,12-13H2,1-2H3,(H2,23,24,25). The average molecular weight is 448 g/mol. The van der Waals surface area contributed by atoms with Gasteiger partial charge in [0.25, 0.3) is 0 Å². The lowest BCUT2D eigenvalue weighted by molar-refractivity contribution is -0.127. The van der Waals surface area contributed by atoms with Crippen molar-refractivity contribution in [3.8, 4) is 5.75 Å². The number of likely N-dealkylation sites (N-methyl/N-ethyl adjacent to an activating group) is 1. The number of nitrogens with zero attached hydrogens (tertiary/aromatic N) is 3. The molecule has 0 spiro atoms. The summed E-state index contributed by atoms with van der Waals surface area (Å²) in [6, 6.07) is 4.38. The Labute approximate surface area is 180 Å². The zero-order valence-corrected chi connectivity index (χ0v) is 17.9. The summed E-state index contributed by atoms with van der Waals surface area (Å²) in [5.74, 6) is 0.277. The second-order valence-corrected chi connectivity index (χ2v) is 7.25. The van der Waals surface area contributed by atoms with E-state index in [4.69, 9.17) is 16.3 Å². The van der Waals surface area contributed by atoms with Crippen LogP contribution in [0.5, 0.6) is 5.75 Å². The minimum absolute atomic E-state index is 0.00943. The number of morpholine rings is 1. The topological polar surface area (TPSA) is 78.4 Å². The summed E-state index contributed by atoms with van der Waals surface area (Å²) in [5.41, 5.74) is 0.413. The smallest absolute Gasteiger partial charge is 0.387 e. The summed E-state index contributed by atoms with van der Waals surface area (Å²) in [4.78, 5) is 20.0. The SMILES string of the molecule is CN(C)C(=O)CNC(=NCc1cc(Cl)ccc1OC(F)F)NCCN1CCOCC1. The van der Waals surface area contributed by atoms with Gasteiger partial charge in [-0.1, -0.05) is 11.6 Å². The normalized spacial score (nSPS) is 15.2. The van der Waals surface area contributed by atoms with Gasteiger partial charge in [-0.2, -0.15) is 8.78 Å². The van der Waals surface area contributed by atoms with Crippen LogP contribution in [-0.4, -0.2) is 88.3 Å². The first-order chi connectivity index (χ1) is 14.3. The molecule has 0 saturated carbocycles. The van der Waals surface area contributed by atoms with Gasteiger partial charge in [0.1, 0.15) is 5.75 Å². The van der Waals surface area contributed by atoms with E-state index in [0.29, 0.717) is 36.3 Å². The number of carbonyl (C=O) groups is 1. The molecule has 1 amide bonds. The number of carbonyl (C=O) groups excluding carboxylic acids is 1. The van der Waals surface area contributed by atoms with E-state index in [1.807, 2.05) is 0 Å². The Morgan fingerprint density at radius 2 is 2.07 bits per heavy atom. The van der Waals surface area contributed by atoms with Crippen molar-refractivity contribution >= 4 is 23.5 Å². The third-order valence-electron chi connectivity index (χ3n) is 4.38. The maximum atomic E-state index is 12.7. The first-order valence-electron chi connectivity index (χ1n) is 9.61. The van der Waals surface area contributed by atoms with Gasteiger partial charge in [-0.05, 0) is 18.2 Å². The van der Waals surface area contributed by atoms with Crippen LogP contribution >= 0.6 is 11.6 Å². The summed E-state index contributed by atoms with van der Waals surface area (Å²) < 4.78 is 35.2. The van der Waals surface area contributed by atoms with Crippen LogP contribution < -0.4 is 15.4 Å². The lowest BCUT2D eigenvalue weighted by atomic mass is 10.2. The average Bonchev–Trinajstić information content (AvgIpc) is 2.71. The second-order valence-electron chi connectivity index (χ2n) is 6.82. The van der Waals surface area contributed by atoms with Crippen LogP contribution in [0.15, 0.2) is 23.2 Å². The number of ether oxygens (including phenoxy) is 2. The van der Waals surface area contributed by atoms with Crippen molar-refractivity contribution < 1.29 is 23.0 Å². The molecule has 1 aliphatic heterocycles. The molecule has 1 saturated heterocycles. The molecule has 1 aromatic carbocycles. The first kappa shape index (κ1) is 24.1. The van der Waals surface area contributed by atoms with Crippen molar-refractivity contribution in [2.45, 2.75) is 13.2 Å². The minimum atomic E-state index is -2.95. The molecule has 1 fully saturated rings. The van der Waals surface area contributed by atoms with E-state index in [1.165, 1.54) is 23.1 Å². The predicted octanol–water partition coefficient (Wildman–Crippen LogP) is 1.40. The van der Waals surface area contributed by atoms with Crippen molar-refractivity contribution in [2.24, 2.45) is 4.99 Å². The fourth-order valence-electron chi connectivity index (χ4n) is 2.70. The highest BCUT2D eigenvalue weighted by atomic mass is 35.5. The van der Waals surface area contributed by atoms with Gasteiger partial charge >= 0.3 is 6.61 Å². The van der Waals surface area contributed by atoms with Crippen LogP contribution in [0.1, 0.15) is 5.56 Å². The third-order valence-corrected chi connectivity index (χ3v) is 4.61. The molecule has 0 aromatic heterocycles. The molecule has 0 atom stereocenters. The second kappa shape index (κ2) is 12.5. The van der Waals surface area contributed by atoms with Crippen molar-refractivity contribution in [2.75, 3.05) is 60.0 Å². The number of hydrogen-bond acceptors (Lipinski definition) is 5. The van der Waals surface area contributed by atoms with Crippen LogP contribution in [0.3, 0.4) is 0 Å². The zero-order valence-electron chi connectivity index (χ0n) is 17.2. The number of benzene rings is 1. The van der Waals surface area contributed by atoms with Gasteiger partial charge in [0.15, 0.2) is 5.96 Å². The molecule has 30 heavy (non-hydrogen) atoms. The van der Waals surface area contributed by atoms with E-state index in [-0.39, 0.29) is 24.7 Å². The Morgan fingerprint density at radius 1 is 1.33 bits per heavy atom. The Hall–Kier alpha value is -2.17. The maximum Gasteiger partial charge on any atom is 0.387 e. The molecule has 0 aliphatic carbocycles. The molecule has 0 unspecified atom stereocenters. The molecular weight excluding hydrogens is 420 g/mol. The van der Waals surface area contributed by atoms with E-state index >= 15 is 0 Å². The highest BCUT2D eigenvalue weighted by molar-refractivity contribution is 6.30. The molecule has 1 heterocycles. The number of amides is 1. The molecular formula is C19H28ClF2N5O3. The Kier molecular flexibility index (Phi) is 10.0. The van der Waals surface area contributed by atoms with E-state index in [9.17, 15) is 13.6 Å². The molecule has 2 rings (SSSR count). The lowest BCUT2D eigenvalue weighted by Gasteiger charge is -2.26. The zero-order chi connectivity index (χ0) is 21.9. The fraction of sp³-hybridized carbons (Fsp3) is 0.579. The number of alkyl halides is 2. The summed E-state index contributed by atoms with van der Waals surface area (Å²) >= 11 is 5.99. The number of nitrogens with one attached hydrogen (secondary N) is 2. The van der Waals surface area contributed by atoms with Crippen molar-refractivity contribution in [1.82, 2.24) is 20.4 Å². The molecule has 168 valence electrons. The van der Waals surface area contributed by atoms with Crippen LogP contribution in [-0.2, 0) is 16.1 Å². The summed E-state index contributed by atoms with van der Waals surface area (Å²) in [5, 5.41) is 6.52. The van der Waals surface area contributed by atoms with E-state index < -0.39 is 6.61 Å². The summed E-state index contributed by atoms with van der Waals surface area (Å²) in [7, 11) is 3.32. The molecule has 11 heteroatoms. The highest BCUT2D eigenvalue weighted by Gasteiger charge is 2.13. The largest absolute Gasteiger partial charge is 0.434 e. The van der Waals surface area contributed by atoms with Crippen LogP contribution in [0.2, 0.25) is 5.02 Å². The number of guanidine groups is 1. The Balaban J connectivity index is 2.03. The number of hydrogen-bond donors (Lipinski definition) is 2. The third kappa shape index (κ3) is 8.68. The molecule has 1 aliphatic rings. The molecule has 2 N–H and O–H groups in total. The number of halogens is 3. The van der Waals surface area contributed by atoms with Crippen molar-refractivity contribution in [1.29, 1.82) is 0 Å². The predicted molar refractivity (Wildman–Crippen MR) is 111 cm³/mol. The van der Waals surface area contributed by atoms with Crippen LogP contribution in [0, 0.1) is 0 Å². The highest BCUT2D eigenvalue weighted by Crippen LogP contribution is 2.25. The van der Waals surface area contributed by atoms with Crippen LogP contribution in [0.25, 0.3) is 0 Å². The number of aliphatic imine (C=N–C) groups is 1. The van der Waals surface area contributed by atoms with Gasteiger partial charge in [0, 0.05) is 50.9 Å². The quantitative estimate of drug-likeness (QED) is 0.440. The fourth-order valence-corrected chi connectivity index (χ4v) is 2.89. The number of rotatable bonds is 9. The van der Waals surface area contributed by atoms with Crippen molar-refractivity contribution in [3.05, 3.63) is 28.8 Å². The van der Waals surface area contributed by atoms with E-state index in [0.717, 1.165) is 19.6 Å². The molecule has 8 nitrogen and oxygen atoms in total. The molecule has 1 aromatic rings. The first-order valence-corrected chi connectivity index (χ1v) is 9.98. The van der Waals surface area contributed by atoms with Crippen LogP contribution in [0.4, 0.5) is 8.78 Å². The van der Waals surface area contributed by atoms with Gasteiger partial charge in [-0.25, -0.2) is 4.99 Å². The van der Waals surface area contributed by atoms with Gasteiger partial charge in [0.2, 0.25) is 5.91 Å². The summed E-state index contributed by atoms with van der Waals surface area (Å²) in [6.07, 6.45) is 0.